The van der Waals surface area contributed by atoms with Gasteiger partial charge in [-0.3, -0.25) is 4.79 Å². The highest BCUT2D eigenvalue weighted by atomic mass is 16.1. The van der Waals surface area contributed by atoms with Crippen LogP contribution in [0.25, 0.3) is 0 Å². The maximum absolute atomic E-state index is 11.9. The molecule has 1 aliphatic carbocycles. The van der Waals surface area contributed by atoms with Crippen LogP contribution in [-0.4, -0.2) is 42.0 Å². The van der Waals surface area contributed by atoms with Crippen molar-refractivity contribution in [2.45, 2.75) is 77.3 Å². The van der Waals surface area contributed by atoms with Crippen LogP contribution in [0, 0.1) is 5.41 Å². The molecule has 1 spiro atoms. The van der Waals surface area contributed by atoms with Crippen molar-refractivity contribution in [1.82, 2.24) is 10.2 Å². The summed E-state index contributed by atoms with van der Waals surface area (Å²) >= 11 is 0. The van der Waals surface area contributed by atoms with E-state index in [1.54, 1.807) is 0 Å². The Hall–Kier alpha value is -0.610. The number of rotatable bonds is 5. The van der Waals surface area contributed by atoms with E-state index in [0.29, 0.717) is 5.41 Å². The number of hydrogen-bond acceptors (Lipinski definition) is 3. The molecule has 2 fully saturated rings. The summed E-state index contributed by atoms with van der Waals surface area (Å²) in [6.07, 6.45) is 9.66. The van der Waals surface area contributed by atoms with Crippen LogP contribution >= 0.6 is 0 Å². The molecule has 2 rings (SSSR count). The van der Waals surface area contributed by atoms with Crippen LogP contribution in [0.5, 0.6) is 0 Å². The molecule has 122 valence electrons. The second-order valence-electron chi connectivity index (χ2n) is 7.83. The van der Waals surface area contributed by atoms with E-state index in [0.717, 1.165) is 19.6 Å². The summed E-state index contributed by atoms with van der Waals surface area (Å²) < 4.78 is 0. The number of likely N-dealkylation sites (tertiary alicyclic amines) is 1. The summed E-state index contributed by atoms with van der Waals surface area (Å²) in [7, 11) is 0. The molecule has 0 aromatic heterocycles. The van der Waals surface area contributed by atoms with Gasteiger partial charge in [-0.2, -0.15) is 0 Å². The van der Waals surface area contributed by atoms with Crippen molar-refractivity contribution in [2.75, 3.05) is 19.6 Å². The smallest absolute Gasteiger partial charge is 0.238 e. The minimum Gasteiger partial charge on any atom is -0.368 e. The molecule has 0 aromatic carbocycles. The molecule has 0 radical (unpaired) electrons. The Kier molecular flexibility index (Phi) is 5.31. The number of piperidine rings is 1. The number of nitrogens with one attached hydrogen (secondary N) is 1. The molecule has 4 heteroatoms. The minimum absolute atomic E-state index is 0.242. The Labute approximate surface area is 129 Å². The molecule has 1 aliphatic heterocycles. The lowest BCUT2D eigenvalue weighted by atomic mass is 9.68. The molecule has 1 saturated carbocycles. The average Bonchev–Trinajstić information content (AvgIpc) is 2.42. The van der Waals surface area contributed by atoms with E-state index in [1.807, 2.05) is 6.92 Å². The Morgan fingerprint density at radius 3 is 2.24 bits per heavy atom. The van der Waals surface area contributed by atoms with Gasteiger partial charge in [0.05, 0.1) is 0 Å². The molecule has 0 bridgehead atoms. The highest BCUT2D eigenvalue weighted by molar-refractivity contribution is 5.84. The third kappa shape index (κ3) is 4.19. The van der Waals surface area contributed by atoms with Crippen LogP contribution in [0.2, 0.25) is 0 Å². The third-order valence-corrected chi connectivity index (χ3v) is 5.52. The first-order chi connectivity index (χ1) is 9.85. The number of carbonyl (C=O) groups excluding carboxylic acids is 1. The quantitative estimate of drug-likeness (QED) is 0.818. The summed E-state index contributed by atoms with van der Waals surface area (Å²) in [5.74, 6) is -0.242. The molecular weight excluding hydrogens is 262 g/mol. The lowest BCUT2D eigenvalue weighted by molar-refractivity contribution is -0.125. The Morgan fingerprint density at radius 1 is 1.19 bits per heavy atom. The molecule has 0 aromatic rings. The zero-order valence-corrected chi connectivity index (χ0v) is 14.1. The zero-order valence-electron chi connectivity index (χ0n) is 14.1. The number of amides is 1. The maximum atomic E-state index is 11.9. The normalized spacial score (nSPS) is 25.9. The molecule has 1 unspecified atom stereocenters. The van der Waals surface area contributed by atoms with Gasteiger partial charge in [0.1, 0.15) is 5.54 Å². The number of primary amides is 1. The van der Waals surface area contributed by atoms with Gasteiger partial charge in [0.15, 0.2) is 0 Å². The van der Waals surface area contributed by atoms with E-state index in [1.165, 1.54) is 44.9 Å². The molecule has 1 atom stereocenters. The first kappa shape index (κ1) is 16.8. The fraction of sp³-hybridized carbons (Fsp3) is 0.941. The van der Waals surface area contributed by atoms with Crippen molar-refractivity contribution in [3.8, 4) is 0 Å². The van der Waals surface area contributed by atoms with Crippen LogP contribution in [-0.2, 0) is 4.79 Å². The highest BCUT2D eigenvalue weighted by Crippen LogP contribution is 2.44. The molecule has 2 aliphatic rings. The topological polar surface area (TPSA) is 58.4 Å². The average molecular weight is 295 g/mol. The second kappa shape index (κ2) is 6.66. The monoisotopic (exact) mass is 295 g/mol. The SMILES string of the molecule is CC(C)NC(C)(CN1CCC2(CCCCC2)CC1)C(N)=O. The van der Waals surface area contributed by atoms with Gasteiger partial charge >= 0.3 is 0 Å². The first-order valence-electron chi connectivity index (χ1n) is 8.65. The predicted octanol–water partition coefficient (Wildman–Crippen LogP) is 2.27. The summed E-state index contributed by atoms with van der Waals surface area (Å²) in [5, 5.41) is 3.36. The molecule has 1 amide bonds. The van der Waals surface area contributed by atoms with Crippen molar-refractivity contribution < 1.29 is 4.79 Å². The fourth-order valence-electron chi connectivity index (χ4n) is 4.27. The van der Waals surface area contributed by atoms with E-state index in [-0.39, 0.29) is 11.9 Å². The maximum Gasteiger partial charge on any atom is 0.238 e. The molecule has 1 saturated heterocycles. The molecule has 1 heterocycles. The molecule has 21 heavy (non-hydrogen) atoms. The van der Waals surface area contributed by atoms with E-state index < -0.39 is 5.54 Å². The zero-order chi connectivity index (χ0) is 15.5. The van der Waals surface area contributed by atoms with Gasteiger partial charge in [0.2, 0.25) is 5.91 Å². The van der Waals surface area contributed by atoms with E-state index in [4.69, 9.17) is 5.73 Å². The number of hydrogen-bond donors (Lipinski definition) is 2. The van der Waals surface area contributed by atoms with Gasteiger partial charge in [-0.25, -0.2) is 0 Å². The van der Waals surface area contributed by atoms with Gasteiger partial charge in [-0.15, -0.1) is 0 Å². The predicted molar refractivity (Wildman–Crippen MR) is 87.1 cm³/mol. The lowest BCUT2D eigenvalue weighted by Crippen LogP contribution is -2.62. The highest BCUT2D eigenvalue weighted by Gasteiger charge is 2.39. The third-order valence-electron chi connectivity index (χ3n) is 5.52. The molecular formula is C17H33N3O. The van der Waals surface area contributed by atoms with Crippen LogP contribution in [0.1, 0.15) is 65.7 Å². The van der Waals surface area contributed by atoms with Crippen molar-refractivity contribution in [3.05, 3.63) is 0 Å². The Morgan fingerprint density at radius 2 is 1.76 bits per heavy atom. The van der Waals surface area contributed by atoms with Crippen LogP contribution in [0.15, 0.2) is 0 Å². The molecule has 3 N–H and O–H groups in total. The van der Waals surface area contributed by atoms with Crippen LogP contribution in [0.3, 0.4) is 0 Å². The standard InChI is InChI=1S/C17H33N3O/c1-14(2)19-16(3,15(18)21)13-20-11-9-17(10-12-20)7-5-4-6-8-17/h14,19H,4-13H2,1-3H3,(H2,18,21). The van der Waals surface area contributed by atoms with Crippen molar-refractivity contribution in [1.29, 1.82) is 0 Å². The summed E-state index contributed by atoms with van der Waals surface area (Å²) in [4.78, 5) is 14.3. The lowest BCUT2D eigenvalue weighted by Gasteiger charge is -2.46. The Bertz CT molecular complexity index is 353. The summed E-state index contributed by atoms with van der Waals surface area (Å²) in [6.45, 7) is 9.03. The van der Waals surface area contributed by atoms with Crippen molar-refractivity contribution in [3.63, 3.8) is 0 Å². The second-order valence-corrected chi connectivity index (χ2v) is 7.83. The fourth-order valence-corrected chi connectivity index (χ4v) is 4.27. The number of nitrogens with zero attached hydrogens (tertiary/aromatic N) is 1. The van der Waals surface area contributed by atoms with Gasteiger partial charge in [0.25, 0.3) is 0 Å². The van der Waals surface area contributed by atoms with Gasteiger partial charge in [0, 0.05) is 12.6 Å². The number of carbonyl (C=O) groups is 1. The molecule has 4 nitrogen and oxygen atoms in total. The van der Waals surface area contributed by atoms with Gasteiger partial charge in [-0.05, 0) is 65.0 Å². The van der Waals surface area contributed by atoms with Crippen LogP contribution < -0.4 is 11.1 Å². The van der Waals surface area contributed by atoms with E-state index in [2.05, 4.69) is 24.1 Å². The van der Waals surface area contributed by atoms with Gasteiger partial charge < -0.3 is 16.0 Å². The first-order valence-corrected chi connectivity index (χ1v) is 8.65. The number of nitrogens with two attached hydrogens (primary N) is 1. The van der Waals surface area contributed by atoms with Crippen molar-refractivity contribution in [2.24, 2.45) is 11.1 Å². The summed E-state index contributed by atoms with van der Waals surface area (Å²) in [6, 6.07) is 0.261. The minimum atomic E-state index is -0.620. The Balaban J connectivity index is 1.90. The van der Waals surface area contributed by atoms with Crippen LogP contribution in [0.4, 0.5) is 0 Å². The van der Waals surface area contributed by atoms with Gasteiger partial charge in [-0.1, -0.05) is 19.3 Å². The largest absolute Gasteiger partial charge is 0.368 e. The summed E-state index contributed by atoms with van der Waals surface area (Å²) in [5.41, 5.74) is 5.64. The van der Waals surface area contributed by atoms with Crippen molar-refractivity contribution >= 4 is 5.91 Å². The van der Waals surface area contributed by atoms with E-state index >= 15 is 0 Å². The van der Waals surface area contributed by atoms with E-state index in [9.17, 15) is 4.79 Å².